The average Bonchev–Trinajstić information content (AvgIpc) is 3.01. The Bertz CT molecular complexity index is 1110. The summed E-state index contributed by atoms with van der Waals surface area (Å²) in [7, 11) is 0. The van der Waals surface area contributed by atoms with E-state index in [-0.39, 0.29) is 17.5 Å². The standard InChI is InChI=1S/C24H24N4O2/c1-15-6-3-9-20-19(15)12-16(2)24(20,28-23(30)18-8-4-10-26-14-18)13-17-7-5-11-27-21(17)22(25)29/h3-11,14,16H,12-13H2,1-2H3,(H2,25,29)(H,28,30)/t16-,24-/m1/s1. The van der Waals surface area contributed by atoms with Gasteiger partial charge in [0.25, 0.3) is 11.8 Å². The molecule has 6 heteroatoms. The highest BCUT2D eigenvalue weighted by Gasteiger charge is 2.46. The van der Waals surface area contributed by atoms with Gasteiger partial charge in [-0.3, -0.25) is 19.6 Å². The smallest absolute Gasteiger partial charge is 0.267 e. The molecule has 0 fully saturated rings. The number of primary amides is 1. The van der Waals surface area contributed by atoms with Crippen LogP contribution >= 0.6 is 0 Å². The summed E-state index contributed by atoms with van der Waals surface area (Å²) < 4.78 is 0. The van der Waals surface area contributed by atoms with Crippen molar-refractivity contribution in [3.05, 3.63) is 94.6 Å². The van der Waals surface area contributed by atoms with Crippen molar-refractivity contribution in [2.75, 3.05) is 0 Å². The van der Waals surface area contributed by atoms with Crippen LogP contribution in [0.1, 0.15) is 50.0 Å². The molecule has 3 aromatic rings. The van der Waals surface area contributed by atoms with Crippen molar-refractivity contribution in [1.82, 2.24) is 15.3 Å². The number of carbonyl (C=O) groups is 2. The molecule has 0 aliphatic heterocycles. The lowest BCUT2D eigenvalue weighted by molar-refractivity contribution is 0.0865. The number of nitrogens with two attached hydrogens (primary N) is 1. The lowest BCUT2D eigenvalue weighted by Crippen LogP contribution is -2.50. The van der Waals surface area contributed by atoms with Gasteiger partial charge in [-0.1, -0.05) is 31.2 Å². The van der Waals surface area contributed by atoms with Crippen LogP contribution in [0.5, 0.6) is 0 Å². The number of nitrogens with one attached hydrogen (secondary N) is 1. The molecule has 0 unspecified atom stereocenters. The van der Waals surface area contributed by atoms with E-state index >= 15 is 0 Å². The highest BCUT2D eigenvalue weighted by atomic mass is 16.2. The number of rotatable bonds is 5. The zero-order chi connectivity index (χ0) is 21.3. The molecule has 6 nitrogen and oxygen atoms in total. The normalized spacial score (nSPS) is 19.9. The number of benzene rings is 1. The Morgan fingerprint density at radius 1 is 1.17 bits per heavy atom. The van der Waals surface area contributed by atoms with Gasteiger partial charge in [0.05, 0.1) is 11.1 Å². The van der Waals surface area contributed by atoms with E-state index in [2.05, 4.69) is 41.3 Å². The number of hydrogen-bond donors (Lipinski definition) is 2. The maximum Gasteiger partial charge on any atom is 0.267 e. The van der Waals surface area contributed by atoms with Crippen molar-refractivity contribution in [3.8, 4) is 0 Å². The van der Waals surface area contributed by atoms with Crippen molar-refractivity contribution >= 4 is 11.8 Å². The van der Waals surface area contributed by atoms with Crippen LogP contribution in [0.3, 0.4) is 0 Å². The van der Waals surface area contributed by atoms with Gasteiger partial charge in [0.2, 0.25) is 0 Å². The van der Waals surface area contributed by atoms with E-state index in [1.165, 1.54) is 11.1 Å². The number of pyridine rings is 2. The Morgan fingerprint density at radius 3 is 2.70 bits per heavy atom. The van der Waals surface area contributed by atoms with E-state index in [0.717, 1.165) is 17.5 Å². The number of nitrogens with zero attached hydrogens (tertiary/aromatic N) is 2. The van der Waals surface area contributed by atoms with E-state index in [4.69, 9.17) is 5.73 Å². The summed E-state index contributed by atoms with van der Waals surface area (Å²) in [5, 5.41) is 3.30. The Morgan fingerprint density at radius 2 is 1.97 bits per heavy atom. The van der Waals surface area contributed by atoms with Gasteiger partial charge in [-0.15, -0.1) is 0 Å². The van der Waals surface area contributed by atoms with Crippen molar-refractivity contribution in [2.45, 2.75) is 32.2 Å². The van der Waals surface area contributed by atoms with Gasteiger partial charge < -0.3 is 11.1 Å². The van der Waals surface area contributed by atoms with Gasteiger partial charge in [-0.25, -0.2) is 0 Å². The molecular formula is C24H24N4O2. The minimum Gasteiger partial charge on any atom is -0.364 e. The topological polar surface area (TPSA) is 98.0 Å². The minimum absolute atomic E-state index is 0.107. The second-order valence-corrected chi connectivity index (χ2v) is 7.93. The molecule has 0 saturated carbocycles. The Balaban J connectivity index is 1.84. The highest BCUT2D eigenvalue weighted by molar-refractivity contribution is 5.95. The summed E-state index contributed by atoms with van der Waals surface area (Å²) in [5.74, 6) is -0.668. The van der Waals surface area contributed by atoms with Crippen LogP contribution in [0.25, 0.3) is 0 Å². The molecule has 3 N–H and O–H groups in total. The number of fused-ring (bicyclic) bond motifs is 1. The maximum atomic E-state index is 13.2. The largest absolute Gasteiger partial charge is 0.364 e. The van der Waals surface area contributed by atoms with E-state index < -0.39 is 11.4 Å². The summed E-state index contributed by atoms with van der Waals surface area (Å²) in [5.41, 5.74) is 9.84. The fourth-order valence-electron chi connectivity index (χ4n) is 4.52. The van der Waals surface area contributed by atoms with Gasteiger partial charge in [-0.05, 0) is 59.7 Å². The van der Waals surface area contributed by atoms with Gasteiger partial charge >= 0.3 is 0 Å². The number of aryl methyl sites for hydroxylation is 1. The molecule has 2 atom stereocenters. The monoisotopic (exact) mass is 400 g/mol. The molecule has 2 aromatic heterocycles. The fraction of sp³-hybridized carbons (Fsp3) is 0.250. The lowest BCUT2D eigenvalue weighted by atomic mass is 9.78. The van der Waals surface area contributed by atoms with Crippen LogP contribution in [0.4, 0.5) is 0 Å². The van der Waals surface area contributed by atoms with Crippen LogP contribution < -0.4 is 11.1 Å². The zero-order valence-electron chi connectivity index (χ0n) is 17.1. The van der Waals surface area contributed by atoms with Crippen molar-refractivity contribution in [3.63, 3.8) is 0 Å². The predicted octanol–water partition coefficient (Wildman–Crippen LogP) is 2.94. The molecule has 0 saturated heterocycles. The van der Waals surface area contributed by atoms with Crippen molar-refractivity contribution in [1.29, 1.82) is 0 Å². The Hall–Kier alpha value is -3.54. The van der Waals surface area contributed by atoms with Crippen LogP contribution in [-0.2, 0) is 18.4 Å². The molecule has 0 spiro atoms. The second-order valence-electron chi connectivity index (χ2n) is 7.93. The summed E-state index contributed by atoms with van der Waals surface area (Å²) >= 11 is 0. The minimum atomic E-state index is -0.693. The fourth-order valence-corrected chi connectivity index (χ4v) is 4.52. The van der Waals surface area contributed by atoms with Gasteiger partial charge in [-0.2, -0.15) is 0 Å². The van der Waals surface area contributed by atoms with Crippen molar-refractivity contribution in [2.24, 2.45) is 11.7 Å². The molecule has 1 aromatic carbocycles. The number of carbonyl (C=O) groups excluding carboxylic acids is 2. The van der Waals surface area contributed by atoms with Crippen molar-refractivity contribution < 1.29 is 9.59 Å². The lowest BCUT2D eigenvalue weighted by Gasteiger charge is -2.37. The maximum absolute atomic E-state index is 13.2. The molecule has 1 aliphatic carbocycles. The molecule has 2 amide bonds. The predicted molar refractivity (Wildman–Crippen MR) is 114 cm³/mol. The van der Waals surface area contributed by atoms with Crippen LogP contribution in [0.15, 0.2) is 61.1 Å². The molecule has 0 radical (unpaired) electrons. The highest BCUT2D eigenvalue weighted by Crippen LogP contribution is 2.45. The van der Waals surface area contributed by atoms with Gasteiger partial charge in [0.1, 0.15) is 5.69 Å². The number of hydrogen-bond acceptors (Lipinski definition) is 4. The first kappa shape index (κ1) is 19.8. The Kier molecular flexibility index (Phi) is 5.08. The van der Waals surface area contributed by atoms with E-state index in [0.29, 0.717) is 12.0 Å². The first-order valence-electron chi connectivity index (χ1n) is 9.97. The van der Waals surface area contributed by atoms with E-state index in [1.807, 2.05) is 12.1 Å². The molecule has 4 rings (SSSR count). The van der Waals surface area contributed by atoms with E-state index in [9.17, 15) is 9.59 Å². The summed E-state index contributed by atoms with van der Waals surface area (Å²) in [6, 6.07) is 13.3. The molecule has 30 heavy (non-hydrogen) atoms. The van der Waals surface area contributed by atoms with E-state index in [1.54, 1.807) is 36.8 Å². The second kappa shape index (κ2) is 7.71. The van der Waals surface area contributed by atoms with Gasteiger partial charge in [0.15, 0.2) is 0 Å². The first-order chi connectivity index (χ1) is 14.4. The van der Waals surface area contributed by atoms with Crippen LogP contribution in [0.2, 0.25) is 0 Å². The molecular weight excluding hydrogens is 376 g/mol. The first-order valence-corrected chi connectivity index (χ1v) is 9.97. The molecule has 1 aliphatic rings. The quantitative estimate of drug-likeness (QED) is 0.688. The average molecular weight is 400 g/mol. The molecule has 152 valence electrons. The number of aromatic nitrogens is 2. The third-order valence-corrected chi connectivity index (χ3v) is 6.10. The summed E-state index contributed by atoms with van der Waals surface area (Å²) in [6.07, 6.45) is 6.00. The van der Waals surface area contributed by atoms with Crippen LogP contribution in [-0.4, -0.2) is 21.8 Å². The third kappa shape index (κ3) is 3.34. The van der Waals surface area contributed by atoms with Gasteiger partial charge in [0, 0.05) is 25.0 Å². The van der Waals surface area contributed by atoms with Crippen LogP contribution in [0, 0.1) is 12.8 Å². The molecule has 2 heterocycles. The third-order valence-electron chi connectivity index (χ3n) is 6.10. The molecule has 0 bridgehead atoms. The summed E-state index contributed by atoms with van der Waals surface area (Å²) in [4.78, 5) is 33.4. The number of amides is 2. The summed E-state index contributed by atoms with van der Waals surface area (Å²) in [6.45, 7) is 4.22. The Labute approximate surface area is 175 Å². The zero-order valence-corrected chi connectivity index (χ0v) is 17.1. The SMILES string of the molecule is Cc1cccc2c1C[C@@H](C)[C@@]2(Cc1cccnc1C(N)=O)NC(=O)c1cccnc1.